The molecule has 0 radical (unpaired) electrons. The summed E-state index contributed by atoms with van der Waals surface area (Å²) in [6.07, 6.45) is 2.19. The number of carbonyl (C=O) groups excluding carboxylic acids is 2. The van der Waals surface area contributed by atoms with Crippen LogP contribution in [0.1, 0.15) is 38.7 Å². The van der Waals surface area contributed by atoms with E-state index < -0.39 is 17.4 Å². The summed E-state index contributed by atoms with van der Waals surface area (Å²) in [4.78, 5) is 23.8. The quantitative estimate of drug-likeness (QED) is 0.668. The van der Waals surface area contributed by atoms with Gasteiger partial charge >= 0.3 is 0 Å². The Hall–Kier alpha value is -2.35. The van der Waals surface area contributed by atoms with Crippen molar-refractivity contribution >= 4 is 11.7 Å². The first-order valence-electron chi connectivity index (χ1n) is 7.48. The molecule has 0 aromatic heterocycles. The highest BCUT2D eigenvalue weighted by Gasteiger charge is 2.42. The first-order chi connectivity index (χ1) is 10.5. The molecule has 0 spiro atoms. The fraction of sp³-hybridized carbons (Fsp3) is 0.471. The van der Waals surface area contributed by atoms with Gasteiger partial charge in [-0.05, 0) is 31.0 Å². The Bertz CT molecular complexity index is 583. The van der Waals surface area contributed by atoms with Crippen molar-refractivity contribution in [3.05, 3.63) is 29.8 Å². The van der Waals surface area contributed by atoms with Crippen LogP contribution in [-0.2, 0) is 15.1 Å². The molecule has 1 aliphatic heterocycles. The number of rotatable bonds is 5. The molecule has 2 unspecified atom stereocenters. The number of carbonyl (C=O) groups is 2. The average Bonchev–Trinajstić information content (AvgIpc) is 2.47. The van der Waals surface area contributed by atoms with Gasteiger partial charge in [0.15, 0.2) is 11.7 Å². The van der Waals surface area contributed by atoms with Gasteiger partial charge in [-0.1, -0.05) is 25.5 Å². The summed E-state index contributed by atoms with van der Waals surface area (Å²) >= 11 is 0. The molecule has 1 aromatic carbocycles. The lowest BCUT2D eigenvalue weighted by Crippen LogP contribution is -2.54. The lowest BCUT2D eigenvalue weighted by Gasteiger charge is -2.35. The number of Topliss-reactive ketones (excluding diaryl/α,β-unsaturated/α-hetero) is 1. The molecule has 1 aromatic rings. The molecule has 0 aliphatic carbocycles. The summed E-state index contributed by atoms with van der Waals surface area (Å²) in [5.74, 6) is -1.28. The Kier molecular flexibility index (Phi) is 4.81. The van der Waals surface area contributed by atoms with Crippen LogP contribution in [0.25, 0.3) is 0 Å². The van der Waals surface area contributed by atoms with Gasteiger partial charge in [-0.2, -0.15) is 5.26 Å². The van der Waals surface area contributed by atoms with Crippen molar-refractivity contribution in [3.63, 3.8) is 0 Å². The predicted octanol–water partition coefficient (Wildman–Crippen LogP) is 2.31. The van der Waals surface area contributed by atoms with E-state index in [9.17, 15) is 9.59 Å². The predicted molar refractivity (Wildman–Crippen MR) is 81.1 cm³/mol. The second-order valence-corrected chi connectivity index (χ2v) is 5.75. The van der Waals surface area contributed by atoms with E-state index >= 15 is 0 Å². The lowest BCUT2D eigenvalue weighted by molar-refractivity contribution is -0.137. The van der Waals surface area contributed by atoms with Crippen molar-refractivity contribution < 1.29 is 14.3 Å². The molecule has 5 nitrogen and oxygen atoms in total. The third-order valence-corrected chi connectivity index (χ3v) is 3.90. The van der Waals surface area contributed by atoms with E-state index in [1.165, 1.54) is 0 Å². The Balaban J connectivity index is 2.12. The summed E-state index contributed by atoms with van der Waals surface area (Å²) in [6.45, 7) is 4.57. The van der Waals surface area contributed by atoms with Gasteiger partial charge in [-0.25, -0.2) is 0 Å². The minimum atomic E-state index is -1.19. The number of piperidine rings is 1. The molecule has 1 heterocycles. The molecule has 5 heteroatoms. The van der Waals surface area contributed by atoms with Crippen LogP contribution in [0.4, 0.5) is 0 Å². The Labute approximate surface area is 130 Å². The molecule has 116 valence electrons. The van der Waals surface area contributed by atoms with Crippen LogP contribution < -0.4 is 10.1 Å². The molecule has 1 aliphatic rings. The van der Waals surface area contributed by atoms with E-state index in [0.29, 0.717) is 6.61 Å². The summed E-state index contributed by atoms with van der Waals surface area (Å²) in [7, 11) is 0. The zero-order valence-corrected chi connectivity index (χ0v) is 12.9. The Morgan fingerprint density at radius 2 is 2.05 bits per heavy atom. The molecule has 1 fully saturated rings. The number of unbranched alkanes of at least 4 members (excludes halogenated alkanes) is 1. The van der Waals surface area contributed by atoms with Crippen LogP contribution in [0.15, 0.2) is 24.3 Å². The number of hydrogen-bond acceptors (Lipinski definition) is 4. The number of ether oxygens (including phenoxy) is 1. The molecule has 1 amide bonds. The lowest BCUT2D eigenvalue weighted by atomic mass is 9.80. The second kappa shape index (κ2) is 6.61. The maximum absolute atomic E-state index is 12.0. The fourth-order valence-corrected chi connectivity index (χ4v) is 2.54. The highest BCUT2D eigenvalue weighted by Crippen LogP contribution is 2.31. The van der Waals surface area contributed by atoms with Crippen molar-refractivity contribution in [3.8, 4) is 11.8 Å². The SMILES string of the molecule is CCCCOc1ccc(C2(C)CC(=O)C(C#N)C(=O)N2)cc1. The third-order valence-electron chi connectivity index (χ3n) is 3.90. The van der Waals surface area contributed by atoms with Crippen molar-refractivity contribution in [2.24, 2.45) is 5.92 Å². The van der Waals surface area contributed by atoms with Crippen molar-refractivity contribution in [2.75, 3.05) is 6.61 Å². The zero-order chi connectivity index (χ0) is 16.2. The molecule has 1 N–H and O–H groups in total. The van der Waals surface area contributed by atoms with Gasteiger partial charge in [0.1, 0.15) is 5.75 Å². The van der Waals surface area contributed by atoms with Gasteiger partial charge in [-0.15, -0.1) is 0 Å². The zero-order valence-electron chi connectivity index (χ0n) is 12.9. The summed E-state index contributed by atoms with van der Waals surface area (Å²) < 4.78 is 5.60. The van der Waals surface area contributed by atoms with E-state index in [1.54, 1.807) is 13.0 Å². The molecule has 0 bridgehead atoms. The normalized spacial score (nSPS) is 24.5. The van der Waals surface area contributed by atoms with Gasteiger partial charge in [-0.3, -0.25) is 9.59 Å². The van der Waals surface area contributed by atoms with E-state index in [1.807, 2.05) is 24.3 Å². The number of benzene rings is 1. The Morgan fingerprint density at radius 1 is 1.36 bits per heavy atom. The summed E-state index contributed by atoms with van der Waals surface area (Å²) in [5, 5.41) is 11.7. The van der Waals surface area contributed by atoms with Gasteiger partial charge in [0, 0.05) is 6.42 Å². The van der Waals surface area contributed by atoms with Crippen molar-refractivity contribution in [1.29, 1.82) is 5.26 Å². The number of nitriles is 1. The maximum atomic E-state index is 12.0. The first kappa shape index (κ1) is 16.0. The van der Waals surface area contributed by atoms with Crippen LogP contribution in [0.5, 0.6) is 5.75 Å². The fourth-order valence-electron chi connectivity index (χ4n) is 2.54. The van der Waals surface area contributed by atoms with Gasteiger partial charge in [0.05, 0.1) is 18.2 Å². The number of nitrogens with zero attached hydrogens (tertiary/aromatic N) is 1. The molecule has 2 atom stereocenters. The monoisotopic (exact) mass is 300 g/mol. The molecular weight excluding hydrogens is 280 g/mol. The Morgan fingerprint density at radius 3 is 2.59 bits per heavy atom. The van der Waals surface area contributed by atoms with Gasteiger partial charge in [0.2, 0.25) is 5.91 Å². The molecule has 1 saturated heterocycles. The highest BCUT2D eigenvalue weighted by atomic mass is 16.5. The van der Waals surface area contributed by atoms with Crippen molar-refractivity contribution in [2.45, 2.75) is 38.6 Å². The largest absolute Gasteiger partial charge is 0.494 e. The number of hydrogen-bond donors (Lipinski definition) is 1. The van der Waals surface area contributed by atoms with Gasteiger partial charge < -0.3 is 10.1 Å². The van der Waals surface area contributed by atoms with Crippen molar-refractivity contribution in [1.82, 2.24) is 5.32 Å². The van der Waals surface area contributed by atoms with Crippen LogP contribution in [0.2, 0.25) is 0 Å². The van der Waals surface area contributed by atoms with E-state index in [4.69, 9.17) is 10.00 Å². The molecule has 0 saturated carbocycles. The number of nitrogens with one attached hydrogen (secondary N) is 1. The smallest absolute Gasteiger partial charge is 0.245 e. The molecule has 2 rings (SSSR count). The summed E-state index contributed by atoms with van der Waals surface area (Å²) in [6, 6.07) is 9.12. The molecule has 22 heavy (non-hydrogen) atoms. The van der Waals surface area contributed by atoms with Crippen LogP contribution in [0, 0.1) is 17.2 Å². The topological polar surface area (TPSA) is 79.2 Å². The number of ketones is 1. The highest BCUT2D eigenvalue weighted by molar-refractivity contribution is 6.07. The van der Waals surface area contributed by atoms with E-state index in [0.717, 1.165) is 24.2 Å². The minimum Gasteiger partial charge on any atom is -0.494 e. The second-order valence-electron chi connectivity index (χ2n) is 5.75. The van der Waals surface area contributed by atoms with Crippen LogP contribution in [0.3, 0.4) is 0 Å². The first-order valence-corrected chi connectivity index (χ1v) is 7.48. The number of amides is 1. The molecular formula is C17H20N2O3. The third kappa shape index (κ3) is 3.28. The van der Waals surface area contributed by atoms with E-state index in [-0.39, 0.29) is 12.2 Å². The standard InChI is InChI=1S/C17H20N2O3/c1-3-4-9-22-13-7-5-12(6-8-13)17(2)10-15(20)14(11-18)16(21)19-17/h5-8,14H,3-4,9-10H2,1-2H3,(H,19,21). The minimum absolute atomic E-state index is 0.118. The average molecular weight is 300 g/mol. The summed E-state index contributed by atoms with van der Waals surface area (Å²) in [5.41, 5.74) is 0.0529. The van der Waals surface area contributed by atoms with Gasteiger partial charge in [0.25, 0.3) is 0 Å². The van der Waals surface area contributed by atoms with E-state index in [2.05, 4.69) is 12.2 Å². The van der Waals surface area contributed by atoms with Crippen LogP contribution in [-0.4, -0.2) is 18.3 Å². The van der Waals surface area contributed by atoms with Crippen LogP contribution >= 0.6 is 0 Å². The maximum Gasteiger partial charge on any atom is 0.245 e.